The van der Waals surface area contributed by atoms with Crippen LogP contribution in [0.2, 0.25) is 0 Å². The van der Waals surface area contributed by atoms with E-state index >= 15 is 0 Å². The lowest BCUT2D eigenvalue weighted by Gasteiger charge is -2.30. The highest BCUT2D eigenvalue weighted by molar-refractivity contribution is 5.85. The van der Waals surface area contributed by atoms with Gasteiger partial charge in [-0.25, -0.2) is 4.79 Å². The minimum absolute atomic E-state index is 0.300. The van der Waals surface area contributed by atoms with E-state index in [1.54, 1.807) is 39.0 Å². The number of aryl methyl sites for hydroxylation is 1. The molecule has 1 N–H and O–H groups in total. The lowest BCUT2D eigenvalue weighted by atomic mass is 10.1. The van der Waals surface area contributed by atoms with Gasteiger partial charge >= 0.3 is 12.1 Å². The zero-order valence-corrected chi connectivity index (χ0v) is 12.1. The van der Waals surface area contributed by atoms with Crippen LogP contribution in [0.1, 0.15) is 25.0 Å². The third kappa shape index (κ3) is 5.49. The molecule has 0 heterocycles. The maximum Gasteiger partial charge on any atom is 0.405 e. The second-order valence-electron chi connectivity index (χ2n) is 5.05. The molecular weight excluding hydrogens is 283 g/mol. The van der Waals surface area contributed by atoms with Crippen LogP contribution in [0.15, 0.2) is 24.3 Å². The predicted molar refractivity (Wildman–Crippen MR) is 76.4 cm³/mol. The van der Waals surface area contributed by atoms with Crippen LogP contribution in [0.25, 0.3) is 6.08 Å². The first kappa shape index (κ1) is 17.1. The summed E-state index contributed by atoms with van der Waals surface area (Å²) in [6, 6.07) is 4.52. The Bertz CT molecular complexity index is 536. The summed E-state index contributed by atoms with van der Waals surface area (Å²) in [4.78, 5) is 11.7. The van der Waals surface area contributed by atoms with Crippen LogP contribution >= 0.6 is 0 Å². The second-order valence-corrected chi connectivity index (χ2v) is 5.05. The molecule has 0 aliphatic rings. The summed E-state index contributed by atoms with van der Waals surface area (Å²) in [6.45, 7) is 4.10. The van der Waals surface area contributed by atoms with E-state index in [4.69, 9.17) is 5.11 Å². The van der Waals surface area contributed by atoms with Crippen LogP contribution < -0.4 is 4.90 Å². The maximum absolute atomic E-state index is 12.6. The average molecular weight is 301 g/mol. The molecule has 0 atom stereocenters. The third-order valence-electron chi connectivity index (χ3n) is 2.96. The number of carboxylic acids is 1. The first-order chi connectivity index (χ1) is 9.60. The molecule has 1 aromatic rings. The molecule has 6 heteroatoms. The standard InChI is InChI=1S/C15H18F3NO2/c1-10(2)19(9-15(16,17)18)13-6-4-12(11(3)8-13)5-7-14(20)21/h4-8,10H,9H2,1-3H3,(H,20,21). The normalized spacial score (nSPS) is 12.1. The molecule has 0 radical (unpaired) electrons. The van der Waals surface area contributed by atoms with Crippen LogP contribution in [0, 0.1) is 6.92 Å². The molecule has 0 bridgehead atoms. The van der Waals surface area contributed by atoms with Crippen molar-refractivity contribution in [2.75, 3.05) is 11.4 Å². The van der Waals surface area contributed by atoms with Gasteiger partial charge in [0.1, 0.15) is 6.54 Å². The number of rotatable bonds is 5. The minimum Gasteiger partial charge on any atom is -0.478 e. The fourth-order valence-corrected chi connectivity index (χ4v) is 1.95. The Labute approximate surface area is 121 Å². The van der Waals surface area contributed by atoms with E-state index in [0.717, 1.165) is 11.6 Å². The highest BCUT2D eigenvalue weighted by Crippen LogP contribution is 2.26. The fraction of sp³-hybridized carbons (Fsp3) is 0.400. The van der Waals surface area contributed by atoms with Gasteiger partial charge in [0.2, 0.25) is 0 Å². The molecule has 0 aliphatic heterocycles. The van der Waals surface area contributed by atoms with Crippen molar-refractivity contribution in [3.63, 3.8) is 0 Å². The van der Waals surface area contributed by atoms with Gasteiger partial charge in [-0.05, 0) is 50.1 Å². The molecular formula is C15H18F3NO2. The van der Waals surface area contributed by atoms with Crippen molar-refractivity contribution in [3.05, 3.63) is 35.4 Å². The molecule has 0 aromatic heterocycles. The number of benzene rings is 1. The monoisotopic (exact) mass is 301 g/mol. The summed E-state index contributed by atoms with van der Waals surface area (Å²) in [5.41, 5.74) is 1.85. The lowest BCUT2D eigenvalue weighted by Crippen LogP contribution is -2.39. The highest BCUT2D eigenvalue weighted by atomic mass is 19.4. The number of carboxylic acid groups (broad SMARTS) is 1. The van der Waals surface area contributed by atoms with E-state index in [1.807, 2.05) is 0 Å². The van der Waals surface area contributed by atoms with E-state index in [1.165, 1.54) is 11.0 Å². The van der Waals surface area contributed by atoms with E-state index in [0.29, 0.717) is 11.3 Å². The summed E-state index contributed by atoms with van der Waals surface area (Å²) in [7, 11) is 0. The van der Waals surface area contributed by atoms with Gasteiger partial charge in [0, 0.05) is 17.8 Å². The molecule has 0 fully saturated rings. The quantitative estimate of drug-likeness (QED) is 0.839. The highest BCUT2D eigenvalue weighted by Gasteiger charge is 2.32. The second kappa shape index (κ2) is 6.65. The van der Waals surface area contributed by atoms with Crippen LogP contribution in [-0.4, -0.2) is 29.8 Å². The van der Waals surface area contributed by atoms with Crippen molar-refractivity contribution in [1.29, 1.82) is 0 Å². The topological polar surface area (TPSA) is 40.5 Å². The number of carbonyl (C=O) groups is 1. The number of anilines is 1. The van der Waals surface area contributed by atoms with Gasteiger partial charge in [0.05, 0.1) is 0 Å². The summed E-state index contributed by atoms with van der Waals surface area (Å²) in [6.07, 6.45) is -1.86. The number of aliphatic carboxylic acids is 1. The van der Waals surface area contributed by atoms with Crippen LogP contribution in [0.4, 0.5) is 18.9 Å². The molecule has 116 valence electrons. The summed E-state index contributed by atoms with van der Waals surface area (Å²) in [5, 5.41) is 8.59. The summed E-state index contributed by atoms with van der Waals surface area (Å²) < 4.78 is 37.9. The molecule has 0 unspecified atom stereocenters. The molecule has 0 aliphatic carbocycles. The van der Waals surface area contributed by atoms with E-state index < -0.39 is 18.7 Å². The predicted octanol–water partition coefficient (Wildman–Crippen LogP) is 3.87. The Balaban J connectivity index is 3.07. The average Bonchev–Trinajstić information content (AvgIpc) is 2.33. The lowest BCUT2D eigenvalue weighted by molar-refractivity contribution is -0.131. The van der Waals surface area contributed by atoms with Crippen molar-refractivity contribution in [3.8, 4) is 0 Å². The Kier molecular flexibility index (Phi) is 5.41. The van der Waals surface area contributed by atoms with Gasteiger partial charge in [0.25, 0.3) is 0 Å². The molecule has 0 saturated heterocycles. The van der Waals surface area contributed by atoms with Crippen LogP contribution in [-0.2, 0) is 4.79 Å². The molecule has 1 aromatic carbocycles. The molecule has 1 rings (SSSR count). The van der Waals surface area contributed by atoms with Gasteiger partial charge in [-0.2, -0.15) is 13.2 Å². The summed E-state index contributed by atoms with van der Waals surface area (Å²) in [5.74, 6) is -1.07. The number of hydrogen-bond acceptors (Lipinski definition) is 2. The SMILES string of the molecule is Cc1cc(N(CC(F)(F)F)C(C)C)ccc1C=CC(=O)O. The van der Waals surface area contributed by atoms with E-state index in [-0.39, 0.29) is 6.04 Å². The van der Waals surface area contributed by atoms with Crippen molar-refractivity contribution < 1.29 is 23.1 Å². The maximum atomic E-state index is 12.6. The van der Waals surface area contributed by atoms with Gasteiger partial charge in [0.15, 0.2) is 0 Å². The number of halogens is 3. The number of hydrogen-bond donors (Lipinski definition) is 1. The van der Waals surface area contributed by atoms with Gasteiger partial charge < -0.3 is 10.0 Å². The van der Waals surface area contributed by atoms with E-state index in [2.05, 4.69) is 0 Å². The Hall–Kier alpha value is -1.98. The smallest absolute Gasteiger partial charge is 0.405 e. The Morgan fingerprint density at radius 3 is 2.43 bits per heavy atom. The van der Waals surface area contributed by atoms with Gasteiger partial charge in [-0.3, -0.25) is 0 Å². The molecule has 0 spiro atoms. The largest absolute Gasteiger partial charge is 0.478 e. The van der Waals surface area contributed by atoms with Crippen molar-refractivity contribution in [2.45, 2.75) is 33.0 Å². The van der Waals surface area contributed by atoms with Gasteiger partial charge in [-0.1, -0.05) is 6.07 Å². The molecule has 0 saturated carbocycles. The van der Waals surface area contributed by atoms with E-state index in [9.17, 15) is 18.0 Å². The van der Waals surface area contributed by atoms with Crippen molar-refractivity contribution in [2.24, 2.45) is 0 Å². The Morgan fingerprint density at radius 1 is 1.38 bits per heavy atom. The van der Waals surface area contributed by atoms with Crippen molar-refractivity contribution in [1.82, 2.24) is 0 Å². The first-order valence-corrected chi connectivity index (χ1v) is 6.45. The zero-order valence-electron chi connectivity index (χ0n) is 12.1. The Morgan fingerprint density at radius 2 is 2.00 bits per heavy atom. The number of nitrogens with zero attached hydrogens (tertiary/aromatic N) is 1. The van der Waals surface area contributed by atoms with Gasteiger partial charge in [-0.15, -0.1) is 0 Å². The number of alkyl halides is 3. The van der Waals surface area contributed by atoms with Crippen LogP contribution in [0.5, 0.6) is 0 Å². The minimum atomic E-state index is -4.28. The summed E-state index contributed by atoms with van der Waals surface area (Å²) >= 11 is 0. The van der Waals surface area contributed by atoms with Crippen molar-refractivity contribution >= 4 is 17.7 Å². The molecule has 0 amide bonds. The first-order valence-electron chi connectivity index (χ1n) is 6.45. The molecule has 3 nitrogen and oxygen atoms in total. The van der Waals surface area contributed by atoms with Crippen LogP contribution in [0.3, 0.4) is 0 Å². The fourth-order valence-electron chi connectivity index (χ4n) is 1.95. The third-order valence-corrected chi connectivity index (χ3v) is 2.96. The molecule has 21 heavy (non-hydrogen) atoms. The zero-order chi connectivity index (χ0) is 16.2.